The van der Waals surface area contributed by atoms with Crippen LogP contribution in [0.2, 0.25) is 0 Å². The van der Waals surface area contributed by atoms with Crippen molar-refractivity contribution >= 4 is 17.5 Å². The average Bonchev–Trinajstić information content (AvgIpc) is 2.69. The molecule has 4 rings (SSSR count). The van der Waals surface area contributed by atoms with Crippen molar-refractivity contribution in [3.8, 4) is 0 Å². The smallest absolute Gasteiger partial charge is 0.257 e. The van der Waals surface area contributed by atoms with Gasteiger partial charge in [0.1, 0.15) is 6.17 Å². The van der Waals surface area contributed by atoms with Crippen molar-refractivity contribution in [2.75, 3.05) is 18.0 Å². The molecule has 1 saturated carbocycles. The molecule has 26 heavy (non-hydrogen) atoms. The van der Waals surface area contributed by atoms with Gasteiger partial charge in [0.05, 0.1) is 11.3 Å². The van der Waals surface area contributed by atoms with Gasteiger partial charge in [0.2, 0.25) is 0 Å². The van der Waals surface area contributed by atoms with Crippen molar-refractivity contribution in [2.45, 2.75) is 70.5 Å². The Morgan fingerprint density at radius 2 is 1.88 bits per heavy atom. The Morgan fingerprint density at radius 3 is 2.65 bits per heavy atom. The van der Waals surface area contributed by atoms with Crippen LogP contribution in [0.3, 0.4) is 0 Å². The van der Waals surface area contributed by atoms with Crippen molar-refractivity contribution in [1.82, 2.24) is 10.2 Å². The summed E-state index contributed by atoms with van der Waals surface area (Å²) in [7, 11) is 0. The highest BCUT2D eigenvalue weighted by Gasteiger charge is 2.38. The first-order valence-electron chi connectivity index (χ1n) is 10.2. The molecule has 1 aliphatic carbocycles. The summed E-state index contributed by atoms with van der Waals surface area (Å²) < 4.78 is 0. The molecule has 1 unspecified atom stereocenters. The van der Waals surface area contributed by atoms with Gasteiger partial charge in [-0.15, -0.1) is 0 Å². The number of rotatable bonds is 3. The van der Waals surface area contributed by atoms with Crippen LogP contribution >= 0.6 is 0 Å². The van der Waals surface area contributed by atoms with E-state index in [1.54, 1.807) is 0 Å². The van der Waals surface area contributed by atoms with Gasteiger partial charge in [0.25, 0.3) is 11.8 Å². The zero-order chi connectivity index (χ0) is 18.1. The van der Waals surface area contributed by atoms with Gasteiger partial charge in [-0.1, -0.05) is 19.3 Å². The van der Waals surface area contributed by atoms with E-state index in [-0.39, 0.29) is 18.0 Å². The van der Waals surface area contributed by atoms with Crippen molar-refractivity contribution in [3.63, 3.8) is 0 Å². The Labute approximate surface area is 155 Å². The normalized spacial score (nSPS) is 23.4. The predicted octanol–water partition coefficient (Wildman–Crippen LogP) is 3.54. The minimum atomic E-state index is -0.00530. The van der Waals surface area contributed by atoms with Crippen LogP contribution in [-0.2, 0) is 0 Å². The van der Waals surface area contributed by atoms with Crippen LogP contribution in [0.25, 0.3) is 0 Å². The zero-order valence-corrected chi connectivity index (χ0v) is 15.7. The van der Waals surface area contributed by atoms with Gasteiger partial charge in [-0.3, -0.25) is 9.59 Å². The van der Waals surface area contributed by atoms with E-state index in [4.69, 9.17) is 0 Å². The van der Waals surface area contributed by atoms with Crippen LogP contribution in [0.4, 0.5) is 5.69 Å². The van der Waals surface area contributed by atoms with Crippen molar-refractivity contribution in [1.29, 1.82) is 0 Å². The maximum absolute atomic E-state index is 12.9. The molecule has 1 aromatic rings. The fourth-order valence-electron chi connectivity index (χ4n) is 4.78. The molecule has 1 N–H and O–H groups in total. The number of carbonyl (C=O) groups excluding carboxylic acids is 2. The minimum absolute atomic E-state index is 0.00530. The average molecular weight is 355 g/mol. The molecule has 0 aromatic heterocycles. The Kier molecular flexibility index (Phi) is 4.88. The summed E-state index contributed by atoms with van der Waals surface area (Å²) in [6.45, 7) is 3.81. The van der Waals surface area contributed by atoms with Crippen LogP contribution in [0.5, 0.6) is 0 Å². The van der Waals surface area contributed by atoms with Crippen LogP contribution < -0.4 is 10.2 Å². The topological polar surface area (TPSA) is 52.7 Å². The molecule has 2 amide bonds. The fourth-order valence-corrected chi connectivity index (χ4v) is 4.78. The highest BCUT2D eigenvalue weighted by molar-refractivity contribution is 6.04. The van der Waals surface area contributed by atoms with E-state index in [9.17, 15) is 9.59 Å². The Morgan fingerprint density at radius 1 is 1.12 bits per heavy atom. The number of nitrogens with zero attached hydrogens (tertiary/aromatic N) is 2. The van der Waals surface area contributed by atoms with E-state index in [0.29, 0.717) is 11.6 Å². The predicted molar refractivity (Wildman–Crippen MR) is 102 cm³/mol. The third-order valence-corrected chi connectivity index (χ3v) is 6.17. The van der Waals surface area contributed by atoms with Gasteiger partial charge in [-0.2, -0.15) is 0 Å². The molecule has 2 fully saturated rings. The molecule has 1 aromatic carbocycles. The Balaban J connectivity index is 1.60. The van der Waals surface area contributed by atoms with E-state index in [1.807, 2.05) is 23.1 Å². The Hall–Kier alpha value is -2.04. The molecule has 0 radical (unpaired) electrons. The second kappa shape index (κ2) is 7.29. The lowest BCUT2D eigenvalue weighted by Crippen LogP contribution is -2.57. The largest absolute Gasteiger partial charge is 0.351 e. The van der Waals surface area contributed by atoms with E-state index in [2.05, 4.69) is 17.1 Å². The number of benzene rings is 1. The zero-order valence-electron chi connectivity index (χ0n) is 15.7. The Bertz CT molecular complexity index is 696. The van der Waals surface area contributed by atoms with E-state index >= 15 is 0 Å². The maximum atomic E-state index is 12.9. The second-order valence-electron chi connectivity index (χ2n) is 7.80. The summed E-state index contributed by atoms with van der Waals surface area (Å²) in [6.07, 6.45) is 9.22. The molecule has 5 nitrogen and oxygen atoms in total. The van der Waals surface area contributed by atoms with Gasteiger partial charge < -0.3 is 15.1 Å². The molecular formula is C21H29N3O2. The van der Waals surface area contributed by atoms with Gasteiger partial charge >= 0.3 is 0 Å². The molecular weight excluding hydrogens is 326 g/mol. The number of nitrogens with one attached hydrogen (secondary N) is 1. The SMILES string of the molecule is CCN1c2cc(C(=O)NC3CCCCC3)ccc2C(=O)N2CCCCC21. The van der Waals surface area contributed by atoms with Crippen LogP contribution in [0, 0.1) is 0 Å². The molecule has 1 atom stereocenters. The molecule has 0 spiro atoms. The van der Waals surface area contributed by atoms with Crippen molar-refractivity contribution in [3.05, 3.63) is 29.3 Å². The van der Waals surface area contributed by atoms with E-state index in [0.717, 1.165) is 56.4 Å². The summed E-state index contributed by atoms with van der Waals surface area (Å²) in [5, 5.41) is 3.19. The summed E-state index contributed by atoms with van der Waals surface area (Å²) in [6, 6.07) is 5.89. The summed E-state index contributed by atoms with van der Waals surface area (Å²) in [5.41, 5.74) is 2.33. The summed E-state index contributed by atoms with van der Waals surface area (Å²) in [5.74, 6) is 0.114. The van der Waals surface area contributed by atoms with Crippen LogP contribution in [-0.4, -0.2) is 42.0 Å². The molecule has 1 saturated heterocycles. The third kappa shape index (κ3) is 3.08. The summed E-state index contributed by atoms with van der Waals surface area (Å²) in [4.78, 5) is 30.0. The number of amides is 2. The molecule has 2 heterocycles. The fraction of sp³-hybridized carbons (Fsp3) is 0.619. The molecule has 5 heteroatoms. The number of anilines is 1. The second-order valence-corrected chi connectivity index (χ2v) is 7.80. The highest BCUT2D eigenvalue weighted by atomic mass is 16.2. The number of carbonyl (C=O) groups is 2. The lowest BCUT2D eigenvalue weighted by molar-refractivity contribution is 0.0582. The van der Waals surface area contributed by atoms with Gasteiger partial charge in [-0.05, 0) is 57.2 Å². The molecule has 0 bridgehead atoms. The van der Waals surface area contributed by atoms with E-state index < -0.39 is 0 Å². The number of hydrogen-bond acceptors (Lipinski definition) is 3. The molecule has 140 valence electrons. The van der Waals surface area contributed by atoms with Gasteiger partial charge in [0.15, 0.2) is 0 Å². The maximum Gasteiger partial charge on any atom is 0.257 e. The first-order chi connectivity index (χ1) is 12.7. The quantitative estimate of drug-likeness (QED) is 0.902. The van der Waals surface area contributed by atoms with Crippen molar-refractivity contribution in [2.24, 2.45) is 0 Å². The number of fused-ring (bicyclic) bond motifs is 2. The van der Waals surface area contributed by atoms with Crippen molar-refractivity contribution < 1.29 is 9.59 Å². The number of piperidine rings is 1. The van der Waals surface area contributed by atoms with E-state index in [1.165, 1.54) is 19.3 Å². The first kappa shape index (κ1) is 17.4. The molecule has 3 aliphatic rings. The lowest BCUT2D eigenvalue weighted by Gasteiger charge is -2.47. The van der Waals surface area contributed by atoms with Crippen LogP contribution in [0.1, 0.15) is 79.0 Å². The monoisotopic (exact) mass is 355 g/mol. The van der Waals surface area contributed by atoms with Gasteiger partial charge in [-0.25, -0.2) is 0 Å². The highest BCUT2D eigenvalue weighted by Crippen LogP contribution is 2.35. The standard InChI is InChI=1S/C21H29N3O2/c1-2-23-18-14-15(20(25)22-16-8-4-3-5-9-16)11-12-17(18)21(26)24-13-7-6-10-19(23)24/h11-12,14,16,19H,2-10,13H2,1H3,(H,22,25). The van der Waals surface area contributed by atoms with Gasteiger partial charge in [0, 0.05) is 24.7 Å². The lowest BCUT2D eigenvalue weighted by atomic mass is 9.94. The minimum Gasteiger partial charge on any atom is -0.351 e. The summed E-state index contributed by atoms with van der Waals surface area (Å²) >= 11 is 0. The third-order valence-electron chi connectivity index (χ3n) is 6.17. The van der Waals surface area contributed by atoms with Crippen LogP contribution in [0.15, 0.2) is 18.2 Å². The number of hydrogen-bond donors (Lipinski definition) is 1. The first-order valence-corrected chi connectivity index (χ1v) is 10.2. The molecule has 2 aliphatic heterocycles.